The third-order valence-electron chi connectivity index (χ3n) is 2.05. The van der Waals surface area contributed by atoms with Crippen molar-refractivity contribution < 1.29 is 14.3 Å². The van der Waals surface area contributed by atoms with E-state index in [-0.39, 0.29) is 5.97 Å². The first-order valence-corrected chi connectivity index (χ1v) is 4.80. The maximum atomic E-state index is 11.0. The highest BCUT2D eigenvalue weighted by Gasteiger charge is 2.19. The molecule has 0 unspecified atom stereocenters. The van der Waals surface area contributed by atoms with Crippen LogP contribution in [0.1, 0.15) is 33.1 Å². The number of ether oxygens (including phenoxy) is 2. The van der Waals surface area contributed by atoms with Crippen LogP contribution in [0.3, 0.4) is 0 Å². The van der Waals surface area contributed by atoms with Crippen LogP contribution in [0.15, 0.2) is 11.8 Å². The number of rotatable bonds is 3. The van der Waals surface area contributed by atoms with Gasteiger partial charge in [0, 0.05) is 6.42 Å². The van der Waals surface area contributed by atoms with Crippen LogP contribution in [0.2, 0.25) is 0 Å². The molecule has 0 aliphatic carbocycles. The van der Waals surface area contributed by atoms with E-state index >= 15 is 0 Å². The van der Waals surface area contributed by atoms with E-state index in [1.54, 1.807) is 6.92 Å². The van der Waals surface area contributed by atoms with Gasteiger partial charge in [-0.25, -0.2) is 4.79 Å². The van der Waals surface area contributed by atoms with Crippen molar-refractivity contribution in [1.82, 2.24) is 0 Å². The monoisotopic (exact) mass is 184 g/mol. The van der Waals surface area contributed by atoms with Gasteiger partial charge in [-0.3, -0.25) is 0 Å². The highest BCUT2D eigenvalue weighted by atomic mass is 16.5. The summed E-state index contributed by atoms with van der Waals surface area (Å²) >= 11 is 0. The number of carbonyl (C=O) groups is 1. The molecule has 1 aliphatic heterocycles. The van der Waals surface area contributed by atoms with Gasteiger partial charge in [0.25, 0.3) is 0 Å². The fraction of sp³-hybridized carbons (Fsp3) is 0.700. The summed E-state index contributed by atoms with van der Waals surface area (Å²) in [6.07, 6.45) is 4.62. The second-order valence-electron chi connectivity index (χ2n) is 3.05. The van der Waals surface area contributed by atoms with E-state index < -0.39 is 0 Å². The molecule has 0 N–H and O–H groups in total. The number of hydrogen-bond acceptors (Lipinski definition) is 3. The van der Waals surface area contributed by atoms with Crippen LogP contribution in [-0.2, 0) is 14.3 Å². The molecule has 1 saturated heterocycles. The Bertz CT molecular complexity index is 208. The first-order valence-electron chi connectivity index (χ1n) is 4.80. The lowest BCUT2D eigenvalue weighted by Crippen LogP contribution is -2.03. The first-order chi connectivity index (χ1) is 6.26. The molecule has 1 rings (SSSR count). The molecule has 0 aromatic heterocycles. The molecule has 74 valence electrons. The third-order valence-corrected chi connectivity index (χ3v) is 2.05. The van der Waals surface area contributed by atoms with Gasteiger partial charge < -0.3 is 9.47 Å². The van der Waals surface area contributed by atoms with Crippen LogP contribution in [-0.4, -0.2) is 18.7 Å². The second kappa shape index (κ2) is 4.90. The number of allylic oxidation sites excluding steroid dienone is 1. The van der Waals surface area contributed by atoms with E-state index in [1.807, 2.05) is 0 Å². The van der Waals surface area contributed by atoms with Crippen LogP contribution in [0, 0.1) is 0 Å². The zero-order valence-electron chi connectivity index (χ0n) is 8.21. The van der Waals surface area contributed by atoms with Crippen molar-refractivity contribution >= 4 is 5.97 Å². The molecule has 1 atom stereocenters. The van der Waals surface area contributed by atoms with E-state index in [9.17, 15) is 4.79 Å². The first kappa shape index (κ1) is 10.1. The van der Waals surface area contributed by atoms with E-state index in [4.69, 9.17) is 9.47 Å². The topological polar surface area (TPSA) is 35.5 Å². The van der Waals surface area contributed by atoms with Crippen LogP contribution >= 0.6 is 0 Å². The van der Waals surface area contributed by atoms with Crippen molar-refractivity contribution in [1.29, 1.82) is 0 Å². The lowest BCUT2D eigenvalue weighted by atomic mass is 10.2. The molecular formula is C10H16O3. The molecule has 0 saturated carbocycles. The summed E-state index contributed by atoms with van der Waals surface area (Å²) in [5.74, 6) is 0.472. The molecule has 0 amide bonds. The van der Waals surface area contributed by atoms with Crippen LogP contribution in [0.25, 0.3) is 0 Å². The van der Waals surface area contributed by atoms with E-state index in [2.05, 4.69) is 6.92 Å². The lowest BCUT2D eigenvalue weighted by Gasteiger charge is -2.06. The van der Waals surface area contributed by atoms with Crippen molar-refractivity contribution in [3.63, 3.8) is 0 Å². The Balaban J connectivity index is 2.40. The van der Waals surface area contributed by atoms with E-state index in [0.29, 0.717) is 12.7 Å². The average molecular weight is 184 g/mol. The minimum absolute atomic E-state index is 0.292. The van der Waals surface area contributed by atoms with E-state index in [0.717, 1.165) is 25.0 Å². The summed E-state index contributed by atoms with van der Waals surface area (Å²) in [4.78, 5) is 11.0. The molecule has 0 aromatic rings. The largest absolute Gasteiger partial charge is 0.495 e. The minimum atomic E-state index is -0.297. The molecule has 0 spiro atoms. The highest BCUT2D eigenvalue weighted by Crippen LogP contribution is 2.24. The minimum Gasteiger partial charge on any atom is -0.495 e. The Morgan fingerprint density at radius 2 is 2.46 bits per heavy atom. The Hall–Kier alpha value is -0.990. The number of esters is 1. The molecule has 1 aliphatic rings. The summed E-state index contributed by atoms with van der Waals surface area (Å²) in [7, 11) is 0. The molecule has 3 nitrogen and oxygen atoms in total. The molecule has 1 heterocycles. The number of hydrogen-bond donors (Lipinski definition) is 0. The summed E-state index contributed by atoms with van der Waals surface area (Å²) in [6.45, 7) is 4.29. The zero-order chi connectivity index (χ0) is 9.68. The quantitative estimate of drug-likeness (QED) is 0.497. The molecule has 1 fully saturated rings. The average Bonchev–Trinajstić information content (AvgIpc) is 2.52. The SMILES string of the molecule is CCOC(=O)/C=C1\CC[C@H](CC)O1. The molecule has 13 heavy (non-hydrogen) atoms. The van der Waals surface area contributed by atoms with Crippen LogP contribution in [0.4, 0.5) is 0 Å². The Kier molecular flexibility index (Phi) is 3.80. The fourth-order valence-corrected chi connectivity index (χ4v) is 1.34. The van der Waals surface area contributed by atoms with Crippen LogP contribution < -0.4 is 0 Å². The maximum absolute atomic E-state index is 11.0. The van der Waals surface area contributed by atoms with Gasteiger partial charge in [0.1, 0.15) is 5.76 Å². The summed E-state index contributed by atoms with van der Waals surface area (Å²) in [5.41, 5.74) is 0. The molecule has 3 heteroatoms. The summed E-state index contributed by atoms with van der Waals surface area (Å²) in [6, 6.07) is 0. The predicted molar refractivity (Wildman–Crippen MR) is 49.1 cm³/mol. The van der Waals surface area contributed by atoms with Gasteiger partial charge in [-0.15, -0.1) is 0 Å². The molecular weight excluding hydrogens is 168 g/mol. The normalized spacial score (nSPS) is 24.5. The van der Waals surface area contributed by atoms with Gasteiger partial charge in [0.05, 0.1) is 18.8 Å². The Morgan fingerprint density at radius 3 is 3.00 bits per heavy atom. The van der Waals surface area contributed by atoms with E-state index in [1.165, 1.54) is 6.08 Å². The fourth-order valence-electron chi connectivity index (χ4n) is 1.34. The summed E-state index contributed by atoms with van der Waals surface area (Å²) in [5, 5.41) is 0. The molecule has 0 radical (unpaired) electrons. The molecule has 0 aromatic carbocycles. The van der Waals surface area contributed by atoms with Crippen LogP contribution in [0.5, 0.6) is 0 Å². The lowest BCUT2D eigenvalue weighted by molar-refractivity contribution is -0.137. The Labute approximate surface area is 78.7 Å². The standard InChI is InChI=1S/C10H16O3/c1-3-8-5-6-9(13-8)7-10(11)12-4-2/h7-8H,3-6H2,1-2H3/b9-7+/t8-/m0/s1. The smallest absolute Gasteiger partial charge is 0.334 e. The van der Waals surface area contributed by atoms with Crippen molar-refractivity contribution in [2.75, 3.05) is 6.61 Å². The second-order valence-corrected chi connectivity index (χ2v) is 3.05. The maximum Gasteiger partial charge on any atom is 0.334 e. The van der Waals surface area contributed by atoms with Gasteiger partial charge >= 0.3 is 5.97 Å². The summed E-state index contributed by atoms with van der Waals surface area (Å²) < 4.78 is 10.3. The van der Waals surface area contributed by atoms with Crippen molar-refractivity contribution in [3.05, 3.63) is 11.8 Å². The van der Waals surface area contributed by atoms with Crippen molar-refractivity contribution in [2.45, 2.75) is 39.2 Å². The highest BCUT2D eigenvalue weighted by molar-refractivity contribution is 5.82. The third kappa shape index (κ3) is 3.09. The van der Waals surface area contributed by atoms with Gasteiger partial charge in [-0.1, -0.05) is 6.92 Å². The van der Waals surface area contributed by atoms with Gasteiger partial charge in [0.15, 0.2) is 0 Å². The molecule has 0 bridgehead atoms. The Morgan fingerprint density at radius 1 is 1.69 bits per heavy atom. The van der Waals surface area contributed by atoms with Gasteiger partial charge in [0.2, 0.25) is 0 Å². The van der Waals surface area contributed by atoms with Gasteiger partial charge in [-0.2, -0.15) is 0 Å². The van der Waals surface area contributed by atoms with Gasteiger partial charge in [-0.05, 0) is 19.8 Å². The predicted octanol–water partition coefficient (Wildman–Crippen LogP) is 2.02. The number of carbonyl (C=O) groups excluding carboxylic acids is 1. The van der Waals surface area contributed by atoms with Crippen molar-refractivity contribution in [3.8, 4) is 0 Å². The zero-order valence-corrected chi connectivity index (χ0v) is 8.21. The van der Waals surface area contributed by atoms with Crippen molar-refractivity contribution in [2.24, 2.45) is 0 Å².